The van der Waals surface area contributed by atoms with Crippen molar-refractivity contribution in [3.8, 4) is 11.5 Å². The number of ether oxygens (including phenoxy) is 3. The van der Waals surface area contributed by atoms with Crippen LogP contribution in [0.2, 0.25) is 0 Å². The zero-order chi connectivity index (χ0) is 38.6. The molecule has 5 atom stereocenters. The Kier molecular flexibility index (Phi) is 15.4. The van der Waals surface area contributed by atoms with Gasteiger partial charge in [-0.15, -0.1) is 0 Å². The van der Waals surface area contributed by atoms with Gasteiger partial charge in [-0.3, -0.25) is 9.59 Å². The van der Waals surface area contributed by atoms with Crippen LogP contribution in [0.1, 0.15) is 134 Å². The Balaban J connectivity index is 0.000000964. The van der Waals surface area contributed by atoms with Crippen molar-refractivity contribution in [1.29, 1.82) is 0 Å². The van der Waals surface area contributed by atoms with E-state index in [1.165, 1.54) is 58.3 Å². The lowest BCUT2D eigenvalue weighted by molar-refractivity contribution is -0.168. The fraction of sp³-hybridized carbons (Fsp3) is 0.683. The molecule has 53 heavy (non-hydrogen) atoms. The summed E-state index contributed by atoms with van der Waals surface area (Å²) in [6, 6.07) is 3.43. The molecular formula is C41H58F3NO8. The summed E-state index contributed by atoms with van der Waals surface area (Å²) in [6.07, 6.45) is 16.9. The first-order valence-corrected chi connectivity index (χ1v) is 19.5. The minimum absolute atomic E-state index is 0.0227. The van der Waals surface area contributed by atoms with Gasteiger partial charge >= 0.3 is 18.1 Å². The van der Waals surface area contributed by atoms with Gasteiger partial charge in [-0.1, -0.05) is 76.5 Å². The number of likely N-dealkylation sites (N-methyl/N-ethyl adjacent to an activating group) is 1. The fourth-order valence-corrected chi connectivity index (χ4v) is 8.54. The van der Waals surface area contributed by atoms with Crippen molar-refractivity contribution in [2.75, 3.05) is 13.6 Å². The Labute approximate surface area is 311 Å². The van der Waals surface area contributed by atoms with Gasteiger partial charge in [-0.2, -0.15) is 13.2 Å². The van der Waals surface area contributed by atoms with Crippen molar-refractivity contribution in [3.63, 3.8) is 0 Å². The molecule has 0 amide bonds. The van der Waals surface area contributed by atoms with Gasteiger partial charge < -0.3 is 29.3 Å². The molecule has 2 N–H and O–H groups in total. The van der Waals surface area contributed by atoms with Crippen molar-refractivity contribution in [2.24, 2.45) is 0 Å². The zero-order valence-corrected chi connectivity index (χ0v) is 31.6. The van der Waals surface area contributed by atoms with E-state index < -0.39 is 47.6 Å². The molecule has 296 valence electrons. The lowest BCUT2D eigenvalue weighted by atomic mass is 9.52. The van der Waals surface area contributed by atoms with Crippen LogP contribution in [-0.4, -0.2) is 77.0 Å². The molecule has 0 unspecified atom stereocenters. The number of phenols is 1. The van der Waals surface area contributed by atoms with Crippen molar-refractivity contribution in [1.82, 2.24) is 4.90 Å². The number of benzene rings is 1. The lowest BCUT2D eigenvalue weighted by Gasteiger charge is -2.56. The summed E-state index contributed by atoms with van der Waals surface area (Å²) in [4.78, 5) is 36.7. The normalized spacial score (nSPS) is 24.9. The number of hydrogen-bond donors (Lipinski definition) is 2. The van der Waals surface area contributed by atoms with Gasteiger partial charge in [0.2, 0.25) is 6.29 Å². The number of halogens is 3. The highest BCUT2D eigenvalue weighted by Crippen LogP contribution is 2.65. The van der Waals surface area contributed by atoms with E-state index >= 15 is 0 Å². The maximum atomic E-state index is 13.2. The molecule has 2 aliphatic heterocycles. The van der Waals surface area contributed by atoms with Gasteiger partial charge in [0, 0.05) is 24.4 Å². The topological polar surface area (TPSA) is 123 Å². The van der Waals surface area contributed by atoms with Gasteiger partial charge in [-0.05, 0) is 89.6 Å². The number of aromatic hydroxyl groups is 1. The molecule has 12 heteroatoms. The maximum absolute atomic E-state index is 13.2. The smallest absolute Gasteiger partial charge is 0.446 e. The van der Waals surface area contributed by atoms with E-state index in [2.05, 4.69) is 24.0 Å². The second-order valence-electron chi connectivity index (χ2n) is 15.0. The highest BCUT2D eigenvalue weighted by atomic mass is 19.4. The molecule has 0 radical (unpaired) electrons. The molecule has 0 aromatic heterocycles. The Hall–Kier alpha value is -3.38. The summed E-state index contributed by atoms with van der Waals surface area (Å²) in [6.45, 7) is 4.61. The number of allylic oxidation sites excluding steroid dienone is 2. The number of rotatable bonds is 18. The monoisotopic (exact) mass is 749 g/mol. The third kappa shape index (κ3) is 10.2. The molecule has 0 saturated carbocycles. The SMILES string of the molecule is CCCCCCCC/C=C\CCCCCCCC(=O)O[C@@H](C)C(=O)OC1=CC[C@@]2(O)[C@H]3Cc4ccc(O)c5c4[C@@]2(CCCN3C)[C@H]1O5.O=CC(F)(F)F. The first-order valence-electron chi connectivity index (χ1n) is 19.5. The number of carbonyl (C=O) groups is 3. The highest BCUT2D eigenvalue weighted by Gasteiger charge is 2.71. The number of nitrogens with zero attached hydrogens (tertiary/aromatic N) is 1. The minimum atomic E-state index is -4.64. The number of likely N-dealkylation sites (tertiary alicyclic amines) is 1. The van der Waals surface area contributed by atoms with E-state index in [1.54, 1.807) is 12.1 Å². The molecule has 9 nitrogen and oxygen atoms in total. The number of unbranched alkanes of at least 4 members (excludes halogenated alkanes) is 11. The number of esters is 2. The Morgan fingerprint density at radius 3 is 2.30 bits per heavy atom. The molecule has 1 spiro atoms. The van der Waals surface area contributed by atoms with E-state index in [1.807, 2.05) is 13.1 Å². The third-order valence-electron chi connectivity index (χ3n) is 11.2. The summed E-state index contributed by atoms with van der Waals surface area (Å²) < 4.78 is 49.0. The fourth-order valence-electron chi connectivity index (χ4n) is 8.54. The molecule has 2 bridgehead atoms. The molecule has 2 heterocycles. The molecule has 1 aromatic rings. The molecule has 4 aliphatic rings. The average molecular weight is 750 g/mol. The van der Waals surface area contributed by atoms with Gasteiger partial charge in [-0.25, -0.2) is 4.79 Å². The van der Waals surface area contributed by atoms with Crippen molar-refractivity contribution >= 4 is 18.2 Å². The van der Waals surface area contributed by atoms with E-state index in [4.69, 9.17) is 19.0 Å². The number of aldehydes is 1. The van der Waals surface area contributed by atoms with Gasteiger partial charge in [0.15, 0.2) is 23.7 Å². The second-order valence-corrected chi connectivity index (χ2v) is 15.0. The van der Waals surface area contributed by atoms with Crippen LogP contribution >= 0.6 is 0 Å². The Bertz CT molecular complexity index is 1460. The number of phenolic OH excluding ortho intramolecular Hbond substituents is 1. The van der Waals surface area contributed by atoms with Crippen LogP contribution in [0.4, 0.5) is 13.2 Å². The van der Waals surface area contributed by atoms with E-state index in [0.29, 0.717) is 30.8 Å². The maximum Gasteiger partial charge on any atom is 0.446 e. The van der Waals surface area contributed by atoms with Gasteiger partial charge in [0.05, 0.1) is 11.0 Å². The summed E-state index contributed by atoms with van der Waals surface area (Å²) >= 11 is 0. The minimum Gasteiger partial charge on any atom is -0.504 e. The van der Waals surface area contributed by atoms with Crippen LogP contribution in [0.25, 0.3) is 0 Å². The second kappa shape index (κ2) is 19.3. The predicted molar refractivity (Wildman–Crippen MR) is 194 cm³/mol. The van der Waals surface area contributed by atoms with Crippen LogP contribution in [0, 0.1) is 0 Å². The summed E-state index contributed by atoms with van der Waals surface area (Å²) in [5.74, 6) is -0.366. The molecule has 5 rings (SSSR count). The highest BCUT2D eigenvalue weighted by molar-refractivity contribution is 5.80. The van der Waals surface area contributed by atoms with E-state index in [9.17, 15) is 33.0 Å². The largest absolute Gasteiger partial charge is 0.504 e. The van der Waals surface area contributed by atoms with Crippen LogP contribution < -0.4 is 4.74 Å². The van der Waals surface area contributed by atoms with E-state index in [-0.39, 0.29) is 18.2 Å². The quantitative estimate of drug-likeness (QED) is 0.0661. The van der Waals surface area contributed by atoms with Crippen LogP contribution in [0.5, 0.6) is 11.5 Å². The number of alkyl halides is 3. The number of aliphatic hydroxyl groups is 1. The van der Waals surface area contributed by atoms with Gasteiger partial charge in [0.25, 0.3) is 0 Å². The van der Waals surface area contributed by atoms with Crippen LogP contribution in [-0.2, 0) is 35.7 Å². The van der Waals surface area contributed by atoms with Crippen LogP contribution in [0.3, 0.4) is 0 Å². The molecule has 1 aromatic carbocycles. The molecule has 2 aliphatic carbocycles. The van der Waals surface area contributed by atoms with Gasteiger partial charge in [0.1, 0.15) is 5.76 Å². The number of carbonyl (C=O) groups excluding carboxylic acids is 3. The zero-order valence-electron chi connectivity index (χ0n) is 31.6. The summed E-state index contributed by atoms with van der Waals surface area (Å²) in [5, 5.41) is 23.2. The summed E-state index contributed by atoms with van der Waals surface area (Å²) in [7, 11) is 2.05. The predicted octanol–water partition coefficient (Wildman–Crippen LogP) is 8.32. The Morgan fingerprint density at radius 1 is 1.04 bits per heavy atom. The first kappa shape index (κ1) is 42.4. The first-order chi connectivity index (χ1) is 25.3. The third-order valence-corrected chi connectivity index (χ3v) is 11.2. The average Bonchev–Trinajstić information content (AvgIpc) is 3.46. The molecular weight excluding hydrogens is 691 g/mol. The molecule has 1 fully saturated rings. The van der Waals surface area contributed by atoms with Crippen LogP contribution in [0.15, 0.2) is 36.1 Å². The number of hydrogen-bond acceptors (Lipinski definition) is 9. The van der Waals surface area contributed by atoms with Crippen molar-refractivity contribution in [2.45, 2.75) is 165 Å². The standard InChI is InChI=1S/C39H57NO7.C2HF3O/c1-4-5-6-7-8-9-10-11-12-13-14-15-16-17-18-20-33(42)45-28(2)37(43)46-31-23-25-39(44)32-27-29-21-22-30(41)35-34(29)38(39,36(31)47-35)24-19-26-40(32)3;3-2(4,5)1-6/h11-12,21-23,28,32,36,41,44H,4-10,13-20,24-27H2,1-3H3;1H/b12-11-;/t28-,32+,36-,38-,39+;/m0./s1. The van der Waals surface area contributed by atoms with E-state index in [0.717, 1.165) is 56.2 Å². The van der Waals surface area contributed by atoms with Crippen molar-refractivity contribution in [3.05, 3.63) is 47.2 Å². The lowest BCUT2D eigenvalue weighted by Crippen LogP contribution is -2.69. The molecule has 1 saturated heterocycles. The Morgan fingerprint density at radius 2 is 1.66 bits per heavy atom. The summed E-state index contributed by atoms with van der Waals surface area (Å²) in [5.41, 5.74) is -0.0997. The van der Waals surface area contributed by atoms with Crippen molar-refractivity contribution < 1.29 is 52.0 Å².